The van der Waals surface area contributed by atoms with Gasteiger partial charge >= 0.3 is 0 Å². The lowest BCUT2D eigenvalue weighted by atomic mass is 10.4. The third-order valence-corrected chi connectivity index (χ3v) is 1.19. The molecular formula is C5H14N2. The molecule has 0 atom stereocenters. The molecule has 0 aromatic heterocycles. The predicted molar refractivity (Wildman–Crippen MR) is 32.5 cm³/mol. The lowest BCUT2D eigenvalue weighted by Gasteiger charge is -1.92. The van der Waals surface area contributed by atoms with Gasteiger partial charge in [0, 0.05) is 14.5 Å². The Labute approximate surface area is 45.8 Å². The van der Waals surface area contributed by atoms with E-state index in [1.807, 2.05) is 0 Å². The lowest BCUT2D eigenvalue weighted by molar-refractivity contribution is 0.718. The molecule has 0 spiro atoms. The van der Waals surface area contributed by atoms with Crippen LogP contribution in [-0.2, 0) is 0 Å². The zero-order chi connectivity index (χ0) is 4.95. The maximum absolute atomic E-state index is 3.28. The summed E-state index contributed by atoms with van der Waals surface area (Å²) in [4.78, 5) is 0. The van der Waals surface area contributed by atoms with E-state index in [0.717, 1.165) is 13.1 Å². The van der Waals surface area contributed by atoms with Gasteiger partial charge in [-0.05, 0) is 19.5 Å². The summed E-state index contributed by atoms with van der Waals surface area (Å²) in [6.45, 7) is 4.65. The highest BCUT2D eigenvalue weighted by molar-refractivity contribution is 4.57. The van der Waals surface area contributed by atoms with Crippen molar-refractivity contribution in [1.29, 1.82) is 0 Å². The third kappa shape index (κ3) is 1.90. The molecular weight excluding hydrogens is 88.1 g/mol. The zero-order valence-corrected chi connectivity index (χ0v) is 4.54. The Balaban J connectivity index is 0.000000490. The van der Waals surface area contributed by atoms with Crippen molar-refractivity contribution in [2.75, 3.05) is 26.2 Å². The van der Waals surface area contributed by atoms with Gasteiger partial charge in [0.15, 0.2) is 0 Å². The van der Waals surface area contributed by atoms with Crippen molar-refractivity contribution in [1.82, 2.24) is 10.6 Å². The average molecular weight is 102 g/mol. The Bertz CT molecular complexity index is 30.0. The van der Waals surface area contributed by atoms with Crippen LogP contribution in [0.4, 0.5) is 0 Å². The number of rotatable bonds is 0. The molecule has 2 N–H and O–H groups in total. The van der Waals surface area contributed by atoms with Crippen LogP contribution in [-0.4, -0.2) is 26.2 Å². The average Bonchev–Trinajstić information content (AvgIpc) is 1.90. The van der Waals surface area contributed by atoms with Crippen molar-refractivity contribution in [3.63, 3.8) is 0 Å². The van der Waals surface area contributed by atoms with E-state index in [4.69, 9.17) is 0 Å². The summed E-state index contributed by atoms with van der Waals surface area (Å²) in [7, 11) is 0. The van der Waals surface area contributed by atoms with Gasteiger partial charge in [-0.3, -0.25) is 0 Å². The molecule has 0 aromatic carbocycles. The number of hydrogen-bond acceptors (Lipinski definition) is 2. The topological polar surface area (TPSA) is 24.1 Å². The zero-order valence-electron chi connectivity index (χ0n) is 4.54. The van der Waals surface area contributed by atoms with Gasteiger partial charge in [0.25, 0.3) is 0 Å². The molecule has 1 fully saturated rings. The second-order valence-corrected chi connectivity index (χ2v) is 1.85. The highest BCUT2D eigenvalue weighted by atomic mass is 15.0. The predicted octanol–water partition coefficient (Wildman–Crippen LogP) is -0.185. The summed E-state index contributed by atoms with van der Waals surface area (Å²) >= 11 is 0. The molecule has 0 amide bonds. The highest BCUT2D eigenvalue weighted by Crippen LogP contribution is 1.75. The minimum absolute atomic E-state index is 0. The van der Waals surface area contributed by atoms with E-state index in [-0.39, 0.29) is 1.43 Å². The number of hydrogen-bond donors (Lipinski definition) is 2. The van der Waals surface area contributed by atoms with E-state index in [1.54, 1.807) is 0 Å². The fourth-order valence-corrected chi connectivity index (χ4v) is 0.765. The van der Waals surface area contributed by atoms with Gasteiger partial charge in [-0.25, -0.2) is 0 Å². The van der Waals surface area contributed by atoms with Crippen molar-refractivity contribution in [3.05, 3.63) is 0 Å². The van der Waals surface area contributed by atoms with Crippen LogP contribution in [0.2, 0.25) is 0 Å². The Morgan fingerprint density at radius 3 is 2.00 bits per heavy atom. The summed E-state index contributed by atoms with van der Waals surface area (Å²) in [5, 5.41) is 6.57. The molecule has 0 radical (unpaired) electrons. The van der Waals surface area contributed by atoms with E-state index in [1.165, 1.54) is 19.5 Å². The molecule has 1 aliphatic heterocycles. The largest absolute Gasteiger partial charge is 0.315 e. The SMILES string of the molecule is C1CNCCNC1.[HH]. The van der Waals surface area contributed by atoms with Crippen LogP contribution in [0.25, 0.3) is 0 Å². The summed E-state index contributed by atoms with van der Waals surface area (Å²) in [5.41, 5.74) is 0. The van der Waals surface area contributed by atoms with Gasteiger partial charge in [-0.1, -0.05) is 0 Å². The molecule has 0 aliphatic carbocycles. The van der Waals surface area contributed by atoms with Gasteiger partial charge in [0.2, 0.25) is 0 Å². The van der Waals surface area contributed by atoms with Gasteiger partial charge in [0.05, 0.1) is 0 Å². The summed E-state index contributed by atoms with van der Waals surface area (Å²) in [6.07, 6.45) is 1.28. The van der Waals surface area contributed by atoms with Crippen LogP contribution >= 0.6 is 0 Å². The Morgan fingerprint density at radius 2 is 1.43 bits per heavy atom. The first kappa shape index (κ1) is 5.06. The molecule has 1 rings (SSSR count). The van der Waals surface area contributed by atoms with Crippen LogP contribution in [0.3, 0.4) is 0 Å². The van der Waals surface area contributed by atoms with Gasteiger partial charge in [-0.15, -0.1) is 0 Å². The molecule has 1 heterocycles. The molecule has 1 saturated heterocycles. The Morgan fingerprint density at radius 1 is 0.857 bits per heavy atom. The van der Waals surface area contributed by atoms with E-state index in [9.17, 15) is 0 Å². The summed E-state index contributed by atoms with van der Waals surface area (Å²) in [6, 6.07) is 0. The minimum atomic E-state index is 0. The maximum atomic E-state index is 3.28. The second-order valence-electron chi connectivity index (χ2n) is 1.85. The second kappa shape index (κ2) is 2.99. The quantitative estimate of drug-likeness (QED) is 0.443. The van der Waals surface area contributed by atoms with Crippen molar-refractivity contribution in [3.8, 4) is 0 Å². The lowest BCUT2D eigenvalue weighted by Crippen LogP contribution is -2.21. The normalized spacial score (nSPS) is 24.0. The van der Waals surface area contributed by atoms with E-state index in [2.05, 4.69) is 10.6 Å². The molecule has 2 nitrogen and oxygen atoms in total. The molecule has 0 bridgehead atoms. The number of nitrogens with one attached hydrogen (secondary N) is 2. The van der Waals surface area contributed by atoms with Crippen LogP contribution < -0.4 is 10.6 Å². The molecule has 0 aromatic rings. The monoisotopic (exact) mass is 102 g/mol. The van der Waals surface area contributed by atoms with Gasteiger partial charge in [-0.2, -0.15) is 0 Å². The fraction of sp³-hybridized carbons (Fsp3) is 1.00. The first-order valence-corrected chi connectivity index (χ1v) is 2.91. The standard InChI is InChI=1S/C5H12N2.H2/c1-2-6-4-5-7-3-1;/h6-7H,1-5H2;1H. The Hall–Kier alpha value is -0.0800. The van der Waals surface area contributed by atoms with Crippen LogP contribution in [0, 0.1) is 0 Å². The van der Waals surface area contributed by atoms with Crippen LogP contribution in [0.1, 0.15) is 7.85 Å². The first-order chi connectivity index (χ1) is 3.50. The van der Waals surface area contributed by atoms with Crippen LogP contribution in [0.15, 0.2) is 0 Å². The van der Waals surface area contributed by atoms with Crippen molar-refractivity contribution < 1.29 is 1.43 Å². The van der Waals surface area contributed by atoms with Gasteiger partial charge in [0.1, 0.15) is 0 Å². The fourth-order valence-electron chi connectivity index (χ4n) is 0.765. The molecule has 1 aliphatic rings. The molecule has 2 heteroatoms. The minimum Gasteiger partial charge on any atom is -0.315 e. The maximum Gasteiger partial charge on any atom is 0.00767 e. The third-order valence-electron chi connectivity index (χ3n) is 1.19. The van der Waals surface area contributed by atoms with Gasteiger partial charge < -0.3 is 10.6 Å². The molecule has 44 valence electrons. The molecule has 7 heavy (non-hydrogen) atoms. The van der Waals surface area contributed by atoms with E-state index in [0.29, 0.717) is 0 Å². The van der Waals surface area contributed by atoms with Crippen molar-refractivity contribution in [2.24, 2.45) is 0 Å². The first-order valence-electron chi connectivity index (χ1n) is 2.91. The highest BCUT2D eigenvalue weighted by Gasteiger charge is 1.92. The summed E-state index contributed by atoms with van der Waals surface area (Å²) < 4.78 is 0. The smallest absolute Gasteiger partial charge is 0.00767 e. The van der Waals surface area contributed by atoms with Crippen molar-refractivity contribution in [2.45, 2.75) is 6.42 Å². The summed E-state index contributed by atoms with van der Waals surface area (Å²) in [5.74, 6) is 0. The van der Waals surface area contributed by atoms with E-state index < -0.39 is 0 Å². The molecule has 0 unspecified atom stereocenters. The Kier molecular flexibility index (Phi) is 2.17. The molecule has 0 saturated carbocycles. The van der Waals surface area contributed by atoms with Crippen molar-refractivity contribution >= 4 is 0 Å². The van der Waals surface area contributed by atoms with E-state index >= 15 is 0 Å². The van der Waals surface area contributed by atoms with Crippen LogP contribution in [0.5, 0.6) is 0 Å².